The van der Waals surface area contributed by atoms with Crippen molar-refractivity contribution in [1.82, 2.24) is 19.8 Å². The molecule has 0 amide bonds. The van der Waals surface area contributed by atoms with E-state index in [1.807, 2.05) is 18.2 Å². The summed E-state index contributed by atoms with van der Waals surface area (Å²) < 4.78 is 1.68. The molecular formula is C13H11ClN4. The van der Waals surface area contributed by atoms with Gasteiger partial charge in [0.15, 0.2) is 11.5 Å². The molecule has 0 unspecified atom stereocenters. The van der Waals surface area contributed by atoms with E-state index in [-0.39, 0.29) is 0 Å². The average Bonchev–Trinajstić information content (AvgIpc) is 2.81. The molecule has 2 aromatic heterocycles. The van der Waals surface area contributed by atoms with E-state index >= 15 is 0 Å². The lowest BCUT2D eigenvalue weighted by Crippen LogP contribution is -1.97. The van der Waals surface area contributed by atoms with Gasteiger partial charge in [-0.1, -0.05) is 42.8 Å². The smallest absolute Gasteiger partial charge is 0.185 e. The minimum Gasteiger partial charge on any atom is -0.191 e. The second-order valence-corrected chi connectivity index (χ2v) is 4.35. The number of fused-ring (bicyclic) bond motifs is 1. The Hall–Kier alpha value is -1.94. The summed E-state index contributed by atoms with van der Waals surface area (Å²) in [6, 6.07) is 11.6. The monoisotopic (exact) mass is 258 g/mol. The lowest BCUT2D eigenvalue weighted by atomic mass is 10.1. The Labute approximate surface area is 109 Å². The molecule has 90 valence electrons. The predicted molar refractivity (Wildman–Crippen MR) is 70.6 cm³/mol. The summed E-state index contributed by atoms with van der Waals surface area (Å²) in [7, 11) is 0. The zero-order valence-corrected chi connectivity index (χ0v) is 10.6. The fourth-order valence-electron chi connectivity index (χ4n) is 1.98. The van der Waals surface area contributed by atoms with Crippen LogP contribution < -0.4 is 0 Å². The van der Waals surface area contributed by atoms with E-state index in [4.69, 9.17) is 11.6 Å². The summed E-state index contributed by atoms with van der Waals surface area (Å²) >= 11 is 5.92. The fourth-order valence-corrected chi connectivity index (χ4v) is 2.12. The third-order valence-corrected chi connectivity index (χ3v) is 3.07. The Balaban J connectivity index is 2.28. The first-order chi connectivity index (χ1) is 8.79. The lowest BCUT2D eigenvalue weighted by molar-refractivity contribution is 0.932. The Morgan fingerprint density at radius 3 is 2.78 bits per heavy atom. The Kier molecular flexibility index (Phi) is 2.72. The van der Waals surface area contributed by atoms with Crippen LogP contribution in [0.25, 0.3) is 17.0 Å². The number of hydrogen-bond donors (Lipinski definition) is 0. The Morgan fingerprint density at radius 1 is 1.11 bits per heavy atom. The highest BCUT2D eigenvalue weighted by molar-refractivity contribution is 6.29. The molecule has 5 heteroatoms. The summed E-state index contributed by atoms with van der Waals surface area (Å²) in [5, 5.41) is 13.0. The largest absolute Gasteiger partial charge is 0.191 e. The van der Waals surface area contributed by atoms with Gasteiger partial charge in [0, 0.05) is 5.56 Å². The number of rotatable bonds is 2. The molecule has 0 radical (unpaired) electrons. The minimum atomic E-state index is 0.428. The number of aryl methyl sites for hydroxylation is 1. The van der Waals surface area contributed by atoms with Gasteiger partial charge in [-0.15, -0.1) is 10.2 Å². The van der Waals surface area contributed by atoms with Crippen LogP contribution in [0.3, 0.4) is 0 Å². The van der Waals surface area contributed by atoms with Crippen molar-refractivity contribution in [3.8, 4) is 11.4 Å². The average molecular weight is 259 g/mol. The van der Waals surface area contributed by atoms with Gasteiger partial charge in [-0.2, -0.15) is 9.61 Å². The van der Waals surface area contributed by atoms with E-state index in [2.05, 4.69) is 28.3 Å². The van der Waals surface area contributed by atoms with Crippen LogP contribution in [-0.2, 0) is 6.42 Å². The first-order valence-corrected chi connectivity index (χ1v) is 6.13. The van der Waals surface area contributed by atoms with E-state index in [1.54, 1.807) is 16.6 Å². The molecule has 0 aliphatic heterocycles. The molecule has 1 aromatic carbocycles. The van der Waals surface area contributed by atoms with Crippen molar-refractivity contribution < 1.29 is 0 Å². The summed E-state index contributed by atoms with van der Waals surface area (Å²) in [4.78, 5) is 0. The number of benzene rings is 1. The van der Waals surface area contributed by atoms with Crippen LogP contribution in [0.4, 0.5) is 0 Å². The number of halogens is 1. The number of aromatic nitrogens is 4. The third-order valence-electron chi connectivity index (χ3n) is 2.87. The van der Waals surface area contributed by atoms with Gasteiger partial charge in [-0.25, -0.2) is 0 Å². The first kappa shape index (κ1) is 11.2. The number of hydrogen-bond acceptors (Lipinski definition) is 3. The van der Waals surface area contributed by atoms with Crippen LogP contribution in [-0.4, -0.2) is 19.8 Å². The highest BCUT2D eigenvalue weighted by atomic mass is 35.5. The molecule has 0 bridgehead atoms. The maximum Gasteiger partial charge on any atom is 0.185 e. The molecule has 2 heterocycles. The van der Waals surface area contributed by atoms with Crippen molar-refractivity contribution in [2.75, 3.05) is 0 Å². The predicted octanol–water partition coefficient (Wildman–Crippen LogP) is 3.01. The molecule has 0 spiro atoms. The topological polar surface area (TPSA) is 43.1 Å². The van der Waals surface area contributed by atoms with Crippen molar-refractivity contribution in [3.63, 3.8) is 0 Å². The van der Waals surface area contributed by atoms with Crippen molar-refractivity contribution in [3.05, 3.63) is 47.1 Å². The summed E-state index contributed by atoms with van der Waals surface area (Å²) in [6.07, 6.45) is 0.936. The fraction of sp³-hybridized carbons (Fsp3) is 0.154. The van der Waals surface area contributed by atoms with Gasteiger partial charge in [0.2, 0.25) is 0 Å². The molecule has 0 atom stereocenters. The van der Waals surface area contributed by atoms with E-state index in [1.165, 1.54) is 5.56 Å². The minimum absolute atomic E-state index is 0.428. The third kappa shape index (κ3) is 1.75. The molecular weight excluding hydrogens is 248 g/mol. The normalized spacial score (nSPS) is 11.0. The molecule has 0 fully saturated rings. The summed E-state index contributed by atoms with van der Waals surface area (Å²) in [5.41, 5.74) is 2.95. The highest BCUT2D eigenvalue weighted by Crippen LogP contribution is 2.22. The molecule has 3 aromatic rings. The Morgan fingerprint density at radius 2 is 1.94 bits per heavy atom. The maximum absolute atomic E-state index is 5.92. The SMILES string of the molecule is CCc1ccccc1-c1nnc2ccc(Cl)nn12. The van der Waals surface area contributed by atoms with Gasteiger partial charge < -0.3 is 0 Å². The van der Waals surface area contributed by atoms with E-state index in [9.17, 15) is 0 Å². The molecule has 0 N–H and O–H groups in total. The molecule has 0 aliphatic carbocycles. The second-order valence-electron chi connectivity index (χ2n) is 3.96. The van der Waals surface area contributed by atoms with Crippen LogP contribution in [0.15, 0.2) is 36.4 Å². The van der Waals surface area contributed by atoms with Crippen LogP contribution >= 0.6 is 11.6 Å². The Bertz CT molecular complexity index is 705. The van der Waals surface area contributed by atoms with Crippen LogP contribution in [0.1, 0.15) is 12.5 Å². The summed E-state index contributed by atoms with van der Waals surface area (Å²) in [5.74, 6) is 0.727. The van der Waals surface area contributed by atoms with E-state index in [0.717, 1.165) is 17.8 Å². The zero-order valence-electron chi connectivity index (χ0n) is 9.84. The molecule has 18 heavy (non-hydrogen) atoms. The second kappa shape index (κ2) is 4.38. The van der Waals surface area contributed by atoms with Gasteiger partial charge in [0.25, 0.3) is 0 Å². The van der Waals surface area contributed by atoms with Gasteiger partial charge in [0.05, 0.1) is 0 Å². The van der Waals surface area contributed by atoms with Gasteiger partial charge in [0.1, 0.15) is 5.15 Å². The van der Waals surface area contributed by atoms with Crippen LogP contribution in [0, 0.1) is 0 Å². The number of nitrogens with zero attached hydrogens (tertiary/aromatic N) is 4. The standard InChI is InChI=1S/C13H11ClN4/c1-2-9-5-3-4-6-10(9)13-16-15-12-8-7-11(14)17-18(12)13/h3-8H,2H2,1H3. The van der Waals surface area contributed by atoms with Gasteiger partial charge in [-0.3, -0.25) is 0 Å². The highest BCUT2D eigenvalue weighted by Gasteiger charge is 2.12. The zero-order chi connectivity index (χ0) is 12.5. The van der Waals surface area contributed by atoms with Gasteiger partial charge >= 0.3 is 0 Å². The van der Waals surface area contributed by atoms with E-state index < -0.39 is 0 Å². The maximum atomic E-state index is 5.92. The molecule has 4 nitrogen and oxygen atoms in total. The molecule has 3 rings (SSSR count). The molecule has 0 saturated carbocycles. The first-order valence-electron chi connectivity index (χ1n) is 5.76. The van der Waals surface area contributed by atoms with Crippen molar-refractivity contribution in [2.24, 2.45) is 0 Å². The van der Waals surface area contributed by atoms with Gasteiger partial charge in [-0.05, 0) is 24.1 Å². The van der Waals surface area contributed by atoms with Crippen molar-refractivity contribution in [2.45, 2.75) is 13.3 Å². The lowest BCUT2D eigenvalue weighted by Gasteiger charge is -2.05. The van der Waals surface area contributed by atoms with E-state index in [0.29, 0.717) is 10.8 Å². The quantitative estimate of drug-likeness (QED) is 0.710. The van der Waals surface area contributed by atoms with Crippen molar-refractivity contribution in [1.29, 1.82) is 0 Å². The molecule has 0 aliphatic rings. The summed E-state index contributed by atoms with van der Waals surface area (Å²) in [6.45, 7) is 2.11. The molecule has 0 saturated heterocycles. The van der Waals surface area contributed by atoms with Crippen LogP contribution in [0.5, 0.6) is 0 Å². The van der Waals surface area contributed by atoms with Crippen molar-refractivity contribution >= 4 is 17.2 Å². The van der Waals surface area contributed by atoms with Crippen LogP contribution in [0.2, 0.25) is 5.15 Å².